The molecule has 1 fully saturated rings. The van der Waals surface area contributed by atoms with Crippen molar-refractivity contribution < 1.29 is 9.90 Å². The topological polar surface area (TPSA) is 102 Å². The minimum atomic E-state index is -0.958. The van der Waals surface area contributed by atoms with Crippen LogP contribution in [0.15, 0.2) is 21.2 Å². The van der Waals surface area contributed by atoms with Crippen LogP contribution in [-0.4, -0.2) is 45.9 Å². The van der Waals surface area contributed by atoms with E-state index in [0.29, 0.717) is 23.5 Å². The second-order valence-electron chi connectivity index (χ2n) is 7.47. The van der Waals surface area contributed by atoms with E-state index in [4.69, 9.17) is 5.41 Å². The quantitative estimate of drug-likeness (QED) is 0.352. The van der Waals surface area contributed by atoms with Crippen LogP contribution in [-0.2, 0) is 5.60 Å². The van der Waals surface area contributed by atoms with E-state index in [1.165, 1.54) is 17.6 Å². The summed E-state index contributed by atoms with van der Waals surface area (Å²) in [5.74, 6) is 0.150. The fourth-order valence-corrected chi connectivity index (χ4v) is 5.05. The molecule has 0 aromatic carbocycles. The van der Waals surface area contributed by atoms with Gasteiger partial charge in [-0.05, 0) is 33.6 Å². The molecule has 0 saturated carbocycles. The average molecular weight is 480 g/mol. The van der Waals surface area contributed by atoms with Crippen LogP contribution in [0.4, 0.5) is 5.69 Å². The lowest BCUT2D eigenvalue weighted by atomic mass is 9.93. The second kappa shape index (κ2) is 13.4. The fourth-order valence-electron chi connectivity index (χ4n) is 3.20. The Hall–Kier alpha value is -2.10. The first kappa shape index (κ1) is 27.9. The molecule has 0 bridgehead atoms. The van der Waals surface area contributed by atoms with Crippen LogP contribution >= 0.6 is 22.7 Å². The summed E-state index contributed by atoms with van der Waals surface area (Å²) in [6, 6.07) is 0.148. The highest BCUT2D eigenvalue weighted by atomic mass is 32.1. The highest BCUT2D eigenvalue weighted by molar-refractivity contribution is 7.09. The van der Waals surface area contributed by atoms with Crippen molar-refractivity contribution in [3.8, 4) is 0 Å². The van der Waals surface area contributed by atoms with E-state index < -0.39 is 5.60 Å². The van der Waals surface area contributed by atoms with E-state index in [0.717, 1.165) is 24.1 Å². The first-order valence-corrected chi connectivity index (χ1v) is 13.0. The van der Waals surface area contributed by atoms with Crippen LogP contribution < -0.4 is 5.43 Å². The molecule has 2 atom stereocenters. The number of piperidine rings is 1. The van der Waals surface area contributed by atoms with Gasteiger partial charge in [-0.2, -0.15) is 5.10 Å². The number of nitrogens with one attached hydrogen (secondary N) is 2. The summed E-state index contributed by atoms with van der Waals surface area (Å²) >= 11 is 2.99. The van der Waals surface area contributed by atoms with Crippen LogP contribution in [0.3, 0.4) is 0 Å². The molecule has 3 N–H and O–H groups in total. The number of thiazole rings is 1. The van der Waals surface area contributed by atoms with Crippen molar-refractivity contribution in [1.82, 2.24) is 9.88 Å². The molecule has 0 spiro atoms. The number of thiophene rings is 1. The lowest BCUT2D eigenvalue weighted by molar-refractivity contribution is 0.0606. The third-order valence-electron chi connectivity index (χ3n) is 4.87. The molecule has 7 nitrogen and oxygen atoms in total. The molecule has 0 radical (unpaired) electrons. The molecule has 9 heteroatoms. The molecule has 178 valence electrons. The van der Waals surface area contributed by atoms with E-state index in [1.54, 1.807) is 25.2 Å². The van der Waals surface area contributed by atoms with Crippen molar-refractivity contribution in [2.24, 2.45) is 5.10 Å². The third-order valence-corrected chi connectivity index (χ3v) is 6.62. The first-order valence-electron chi connectivity index (χ1n) is 11.1. The molecule has 3 rings (SSSR count). The van der Waals surface area contributed by atoms with Crippen molar-refractivity contribution in [3.05, 3.63) is 32.4 Å². The molecule has 2 aromatic rings. The average Bonchev–Trinajstić information content (AvgIpc) is 3.47. The van der Waals surface area contributed by atoms with E-state index in [2.05, 4.69) is 22.4 Å². The number of carbonyl (C=O) groups excluding carboxylic acids is 1. The van der Waals surface area contributed by atoms with Crippen molar-refractivity contribution in [1.29, 1.82) is 5.41 Å². The van der Waals surface area contributed by atoms with Crippen molar-refractivity contribution in [2.45, 2.75) is 78.9 Å². The smallest absolute Gasteiger partial charge is 0.257 e. The maximum Gasteiger partial charge on any atom is 0.257 e. The monoisotopic (exact) mass is 479 g/mol. The Morgan fingerprint density at radius 3 is 2.56 bits per heavy atom. The summed E-state index contributed by atoms with van der Waals surface area (Å²) in [7, 11) is 0. The van der Waals surface area contributed by atoms with Crippen LogP contribution in [0.5, 0.6) is 0 Å². The maximum absolute atomic E-state index is 13.2. The third kappa shape index (κ3) is 7.21. The van der Waals surface area contributed by atoms with Gasteiger partial charge < -0.3 is 15.4 Å². The number of aliphatic hydroxyl groups is 1. The largest absolute Gasteiger partial charge is 0.384 e. The van der Waals surface area contributed by atoms with Gasteiger partial charge in [0.15, 0.2) is 0 Å². The molecule has 1 amide bonds. The van der Waals surface area contributed by atoms with Crippen LogP contribution in [0.2, 0.25) is 0 Å². The number of hydrogen-bond donors (Lipinski definition) is 3. The Bertz CT molecular complexity index is 870. The molecule has 1 saturated heterocycles. The fraction of sp³-hybridized carbons (Fsp3) is 0.565. The number of rotatable bonds is 6. The van der Waals surface area contributed by atoms with Crippen LogP contribution in [0.25, 0.3) is 0 Å². The molecule has 32 heavy (non-hydrogen) atoms. The van der Waals surface area contributed by atoms with Crippen LogP contribution in [0.1, 0.15) is 88.3 Å². The molecular formula is C23H37N5O2S2. The summed E-state index contributed by atoms with van der Waals surface area (Å²) in [6.45, 7) is 14.1. The summed E-state index contributed by atoms with van der Waals surface area (Å²) in [5, 5.41) is 27.6. The number of hydrogen-bond acceptors (Lipinski definition) is 8. The zero-order chi connectivity index (χ0) is 24.3. The summed E-state index contributed by atoms with van der Waals surface area (Å²) in [4.78, 5) is 19.7. The van der Waals surface area contributed by atoms with Gasteiger partial charge >= 0.3 is 0 Å². The predicted octanol–water partition coefficient (Wildman–Crippen LogP) is 5.94. The van der Waals surface area contributed by atoms with E-state index in [-0.39, 0.29) is 17.9 Å². The van der Waals surface area contributed by atoms with Gasteiger partial charge in [-0.1, -0.05) is 27.7 Å². The number of aromatic nitrogens is 1. The van der Waals surface area contributed by atoms with Gasteiger partial charge in [0.2, 0.25) is 0 Å². The summed E-state index contributed by atoms with van der Waals surface area (Å²) in [5.41, 5.74) is 3.80. The van der Waals surface area contributed by atoms with Crippen molar-refractivity contribution in [2.75, 3.05) is 12.0 Å². The maximum atomic E-state index is 13.2. The Morgan fingerprint density at radius 2 is 1.97 bits per heavy atom. The van der Waals surface area contributed by atoms with Gasteiger partial charge in [0, 0.05) is 40.9 Å². The number of likely N-dealkylation sites (tertiary alicyclic amines) is 1. The zero-order valence-electron chi connectivity index (χ0n) is 20.2. The molecule has 1 unspecified atom stereocenters. The van der Waals surface area contributed by atoms with Gasteiger partial charge in [-0.15, -0.1) is 22.7 Å². The Labute approximate surface area is 200 Å². The van der Waals surface area contributed by atoms with Gasteiger partial charge in [0.1, 0.15) is 5.60 Å². The summed E-state index contributed by atoms with van der Waals surface area (Å²) in [6.07, 6.45) is 4.29. The molecule has 2 aromatic heterocycles. The SMILES string of the molecule is CC.CC.C[C@@H]1CCC(c2nc(C(C)(C)O)cs2)CN1C(=O)c1cscc1N/N=C\C=N. The number of nitrogens with zero attached hydrogens (tertiary/aromatic N) is 3. The molecule has 3 heterocycles. The van der Waals surface area contributed by atoms with E-state index in [9.17, 15) is 9.90 Å². The van der Waals surface area contributed by atoms with Gasteiger partial charge in [-0.3, -0.25) is 10.2 Å². The predicted molar refractivity (Wildman–Crippen MR) is 138 cm³/mol. The Morgan fingerprint density at radius 1 is 1.28 bits per heavy atom. The lowest BCUT2D eigenvalue weighted by Gasteiger charge is -2.37. The van der Waals surface area contributed by atoms with Gasteiger partial charge in [0.25, 0.3) is 5.91 Å². The minimum absolute atomic E-state index is 0.0229. The molecule has 0 aliphatic carbocycles. The Balaban J connectivity index is 0.00000121. The van der Waals surface area contributed by atoms with E-state index in [1.807, 2.05) is 48.7 Å². The normalized spacial score (nSPS) is 18.3. The number of amides is 1. The van der Waals surface area contributed by atoms with Gasteiger partial charge in [-0.25, -0.2) is 4.98 Å². The van der Waals surface area contributed by atoms with Crippen molar-refractivity contribution >= 4 is 46.7 Å². The minimum Gasteiger partial charge on any atom is -0.384 e. The number of anilines is 1. The first-order chi connectivity index (χ1) is 15.3. The number of hydrazone groups is 1. The second-order valence-corrected chi connectivity index (χ2v) is 9.10. The highest BCUT2D eigenvalue weighted by Crippen LogP contribution is 2.35. The molecule has 1 aliphatic rings. The van der Waals surface area contributed by atoms with E-state index >= 15 is 0 Å². The van der Waals surface area contributed by atoms with Crippen LogP contribution in [0, 0.1) is 5.41 Å². The molecule has 1 aliphatic heterocycles. The van der Waals surface area contributed by atoms with Crippen molar-refractivity contribution in [3.63, 3.8) is 0 Å². The Kier molecular flexibility index (Phi) is 11.7. The zero-order valence-corrected chi connectivity index (χ0v) is 21.8. The molecular weight excluding hydrogens is 442 g/mol. The number of carbonyl (C=O) groups is 1. The standard InChI is InChI=1S/C19H25N5O2S2.2C2H6/c1-12-4-5-13(17-22-16(11-28-17)19(2,3)26)8-24(12)18(25)14-9-27-10-15(14)23-21-7-6-20;2*1-2/h6-7,9-13,20,23,26H,4-5,8H2,1-3H3;2*1-2H3/b20-6?,21-7-;;/t12-,13?;;/m1../s1. The summed E-state index contributed by atoms with van der Waals surface area (Å²) < 4.78 is 0. The lowest BCUT2D eigenvalue weighted by Crippen LogP contribution is -2.44. The van der Waals surface area contributed by atoms with Gasteiger partial charge in [0.05, 0.1) is 28.2 Å². The highest BCUT2D eigenvalue weighted by Gasteiger charge is 2.33.